The zero-order chi connectivity index (χ0) is 13.1. The van der Waals surface area contributed by atoms with Crippen LogP contribution in [-0.2, 0) is 6.54 Å². The molecular formula is C16H24N2S. The summed E-state index contributed by atoms with van der Waals surface area (Å²) in [6, 6.07) is 7.74. The minimum absolute atomic E-state index is 0.785. The molecule has 2 fully saturated rings. The Hall–Kier alpha value is -0.670. The Bertz CT molecular complexity index is 421. The molecule has 2 aliphatic rings. The molecule has 1 saturated heterocycles. The van der Waals surface area contributed by atoms with Gasteiger partial charge in [-0.25, -0.2) is 0 Å². The molecule has 3 heteroatoms. The normalized spacial score (nSPS) is 20.4. The van der Waals surface area contributed by atoms with E-state index in [1.165, 1.54) is 60.7 Å². The average Bonchev–Trinajstić information content (AvgIpc) is 3.24. The van der Waals surface area contributed by atoms with E-state index in [4.69, 9.17) is 0 Å². The molecule has 0 amide bonds. The van der Waals surface area contributed by atoms with Gasteiger partial charge >= 0.3 is 0 Å². The van der Waals surface area contributed by atoms with E-state index in [0.29, 0.717) is 0 Å². The monoisotopic (exact) mass is 276 g/mol. The third-order valence-electron chi connectivity index (χ3n) is 3.96. The highest BCUT2D eigenvalue weighted by Gasteiger charge is 2.21. The van der Waals surface area contributed by atoms with Crippen molar-refractivity contribution in [1.82, 2.24) is 5.32 Å². The summed E-state index contributed by atoms with van der Waals surface area (Å²) in [5.74, 6) is 2.58. The predicted octanol–water partition coefficient (Wildman–Crippen LogP) is 3.19. The second kappa shape index (κ2) is 6.19. The van der Waals surface area contributed by atoms with Crippen LogP contribution in [-0.4, -0.2) is 30.6 Å². The molecule has 2 nitrogen and oxygen atoms in total. The minimum atomic E-state index is 0.785. The van der Waals surface area contributed by atoms with E-state index in [1.807, 2.05) is 0 Å². The number of hydrogen-bond acceptors (Lipinski definition) is 3. The molecule has 1 heterocycles. The molecule has 1 aliphatic heterocycles. The Morgan fingerprint density at radius 2 is 2.16 bits per heavy atom. The number of benzene rings is 1. The van der Waals surface area contributed by atoms with Crippen molar-refractivity contribution >= 4 is 17.4 Å². The molecule has 1 N–H and O–H groups in total. The number of hydrogen-bond donors (Lipinski definition) is 1. The molecule has 0 radical (unpaired) electrons. The van der Waals surface area contributed by atoms with E-state index in [0.717, 1.165) is 12.6 Å². The Labute approximate surface area is 121 Å². The highest BCUT2D eigenvalue weighted by Crippen LogP contribution is 2.26. The van der Waals surface area contributed by atoms with E-state index in [9.17, 15) is 0 Å². The van der Waals surface area contributed by atoms with Crippen LogP contribution in [0.4, 0.5) is 5.69 Å². The van der Waals surface area contributed by atoms with Crippen LogP contribution in [0.2, 0.25) is 0 Å². The highest BCUT2D eigenvalue weighted by atomic mass is 32.2. The molecule has 0 atom stereocenters. The Morgan fingerprint density at radius 1 is 1.26 bits per heavy atom. The van der Waals surface area contributed by atoms with E-state index < -0.39 is 0 Å². The van der Waals surface area contributed by atoms with E-state index in [-0.39, 0.29) is 0 Å². The van der Waals surface area contributed by atoms with E-state index >= 15 is 0 Å². The SMILES string of the molecule is Cc1ccc(N2CCCSCC2)c(CNC2CC2)c1. The number of rotatable bonds is 4. The second-order valence-corrected chi connectivity index (χ2v) is 6.97. The van der Waals surface area contributed by atoms with Gasteiger partial charge in [-0.05, 0) is 43.6 Å². The first-order chi connectivity index (χ1) is 9.33. The lowest BCUT2D eigenvalue weighted by Crippen LogP contribution is -2.28. The molecule has 1 aliphatic carbocycles. The highest BCUT2D eigenvalue weighted by molar-refractivity contribution is 7.99. The number of aryl methyl sites for hydroxylation is 1. The van der Waals surface area contributed by atoms with Crippen molar-refractivity contribution in [3.05, 3.63) is 29.3 Å². The van der Waals surface area contributed by atoms with Gasteiger partial charge in [-0.3, -0.25) is 0 Å². The summed E-state index contributed by atoms with van der Waals surface area (Å²) >= 11 is 2.09. The summed E-state index contributed by atoms with van der Waals surface area (Å²) in [6.45, 7) is 5.64. The predicted molar refractivity (Wildman–Crippen MR) is 85.2 cm³/mol. The quantitative estimate of drug-likeness (QED) is 0.909. The summed E-state index contributed by atoms with van der Waals surface area (Å²) in [4.78, 5) is 2.59. The molecule has 3 rings (SSSR count). The third kappa shape index (κ3) is 3.67. The maximum atomic E-state index is 3.66. The fraction of sp³-hybridized carbons (Fsp3) is 0.625. The first-order valence-corrected chi connectivity index (χ1v) is 8.64. The van der Waals surface area contributed by atoms with Crippen molar-refractivity contribution in [1.29, 1.82) is 0 Å². The van der Waals surface area contributed by atoms with Gasteiger partial charge < -0.3 is 10.2 Å². The molecule has 0 bridgehead atoms. The zero-order valence-electron chi connectivity index (χ0n) is 11.8. The molecule has 0 spiro atoms. The van der Waals surface area contributed by atoms with Crippen LogP contribution in [0.1, 0.15) is 30.4 Å². The van der Waals surface area contributed by atoms with Crippen LogP contribution in [0.15, 0.2) is 18.2 Å². The fourth-order valence-corrected chi connectivity index (χ4v) is 3.58. The lowest BCUT2D eigenvalue weighted by molar-refractivity contribution is 0.683. The Morgan fingerprint density at radius 3 is 3.00 bits per heavy atom. The molecule has 1 aromatic carbocycles. The van der Waals surface area contributed by atoms with Crippen molar-refractivity contribution < 1.29 is 0 Å². The summed E-state index contributed by atoms with van der Waals surface area (Å²) < 4.78 is 0. The van der Waals surface area contributed by atoms with Crippen LogP contribution in [0, 0.1) is 6.92 Å². The molecular weight excluding hydrogens is 252 g/mol. The standard InChI is InChI=1S/C16H24N2S/c1-13-3-6-16(18-7-2-9-19-10-8-18)14(11-13)12-17-15-4-5-15/h3,6,11,15,17H,2,4-5,7-10,12H2,1H3. The maximum Gasteiger partial charge on any atom is 0.0412 e. The minimum Gasteiger partial charge on any atom is -0.370 e. The van der Waals surface area contributed by atoms with Crippen molar-refractivity contribution in [2.45, 2.75) is 38.8 Å². The van der Waals surface area contributed by atoms with Gasteiger partial charge in [-0.15, -0.1) is 0 Å². The maximum absolute atomic E-state index is 3.66. The van der Waals surface area contributed by atoms with Crippen LogP contribution in [0.5, 0.6) is 0 Å². The lowest BCUT2D eigenvalue weighted by atomic mass is 10.1. The van der Waals surface area contributed by atoms with Gasteiger partial charge in [-0.2, -0.15) is 11.8 Å². The van der Waals surface area contributed by atoms with Crippen LogP contribution < -0.4 is 10.2 Å². The van der Waals surface area contributed by atoms with Gasteiger partial charge in [0.05, 0.1) is 0 Å². The van der Waals surface area contributed by atoms with Crippen molar-refractivity contribution in [2.24, 2.45) is 0 Å². The average molecular weight is 276 g/mol. The number of nitrogens with zero attached hydrogens (tertiary/aromatic N) is 1. The lowest BCUT2D eigenvalue weighted by Gasteiger charge is -2.25. The summed E-state index contributed by atoms with van der Waals surface area (Å²) in [5, 5.41) is 3.66. The fourth-order valence-electron chi connectivity index (χ4n) is 2.69. The molecule has 1 aromatic rings. The third-order valence-corrected chi connectivity index (χ3v) is 5.01. The van der Waals surface area contributed by atoms with Crippen molar-refractivity contribution in [3.63, 3.8) is 0 Å². The molecule has 1 saturated carbocycles. The van der Waals surface area contributed by atoms with Gasteiger partial charge in [0.1, 0.15) is 0 Å². The van der Waals surface area contributed by atoms with Crippen LogP contribution in [0.25, 0.3) is 0 Å². The molecule has 104 valence electrons. The summed E-state index contributed by atoms with van der Waals surface area (Å²) in [5.41, 5.74) is 4.32. The number of thioether (sulfide) groups is 1. The largest absolute Gasteiger partial charge is 0.370 e. The molecule has 0 aromatic heterocycles. The first kappa shape index (κ1) is 13.3. The van der Waals surface area contributed by atoms with Gasteiger partial charge in [-0.1, -0.05) is 17.7 Å². The van der Waals surface area contributed by atoms with E-state index in [1.54, 1.807) is 0 Å². The molecule has 19 heavy (non-hydrogen) atoms. The van der Waals surface area contributed by atoms with Gasteiger partial charge in [0.25, 0.3) is 0 Å². The van der Waals surface area contributed by atoms with Crippen molar-refractivity contribution in [3.8, 4) is 0 Å². The van der Waals surface area contributed by atoms with Crippen molar-refractivity contribution in [2.75, 3.05) is 29.5 Å². The Kier molecular flexibility index (Phi) is 4.34. The summed E-state index contributed by atoms with van der Waals surface area (Å²) in [6.07, 6.45) is 4.04. The first-order valence-electron chi connectivity index (χ1n) is 7.48. The number of nitrogens with one attached hydrogen (secondary N) is 1. The smallest absolute Gasteiger partial charge is 0.0412 e. The second-order valence-electron chi connectivity index (χ2n) is 5.74. The van der Waals surface area contributed by atoms with Gasteiger partial charge in [0, 0.05) is 37.1 Å². The van der Waals surface area contributed by atoms with Gasteiger partial charge in [0.2, 0.25) is 0 Å². The Balaban J connectivity index is 1.76. The van der Waals surface area contributed by atoms with Crippen LogP contribution in [0.3, 0.4) is 0 Å². The van der Waals surface area contributed by atoms with E-state index in [2.05, 4.69) is 47.1 Å². The number of anilines is 1. The van der Waals surface area contributed by atoms with Gasteiger partial charge in [0.15, 0.2) is 0 Å². The zero-order valence-corrected chi connectivity index (χ0v) is 12.6. The topological polar surface area (TPSA) is 15.3 Å². The molecule has 0 unspecified atom stereocenters. The van der Waals surface area contributed by atoms with Crippen LogP contribution >= 0.6 is 11.8 Å². The summed E-state index contributed by atoms with van der Waals surface area (Å²) in [7, 11) is 0.